The van der Waals surface area contributed by atoms with E-state index in [1.54, 1.807) is 32.2 Å². The second-order valence-corrected chi connectivity index (χ2v) is 8.63. The van der Waals surface area contributed by atoms with Crippen LogP contribution in [0.4, 0.5) is 10.1 Å². The molecule has 1 aliphatic heterocycles. The zero-order valence-corrected chi connectivity index (χ0v) is 19.8. The topological polar surface area (TPSA) is 66.8 Å². The van der Waals surface area contributed by atoms with Crippen molar-refractivity contribution in [3.05, 3.63) is 99.4 Å². The van der Waals surface area contributed by atoms with Gasteiger partial charge in [0.05, 0.1) is 18.7 Å². The minimum atomic E-state index is -0.912. The highest BCUT2D eigenvalue weighted by atomic mass is 19.1. The van der Waals surface area contributed by atoms with Gasteiger partial charge in [0.1, 0.15) is 17.3 Å². The highest BCUT2D eigenvalue weighted by Crippen LogP contribution is 2.43. The molecule has 0 spiro atoms. The van der Waals surface area contributed by atoms with E-state index in [4.69, 9.17) is 4.74 Å². The van der Waals surface area contributed by atoms with Crippen LogP contribution >= 0.6 is 0 Å². The van der Waals surface area contributed by atoms with Crippen LogP contribution < -0.4 is 9.64 Å². The number of nitrogens with zero attached hydrogens (tertiary/aromatic N) is 1. The van der Waals surface area contributed by atoms with Crippen molar-refractivity contribution in [3.8, 4) is 5.75 Å². The van der Waals surface area contributed by atoms with Crippen LogP contribution in [-0.2, 0) is 9.59 Å². The summed E-state index contributed by atoms with van der Waals surface area (Å²) < 4.78 is 19.1. The molecule has 1 heterocycles. The summed E-state index contributed by atoms with van der Waals surface area (Å²) in [5.41, 5.74) is 4.91. The predicted octanol–water partition coefficient (Wildman–Crippen LogP) is 5.69. The number of Topliss-reactive ketones (excluding diaryl/α,β-unsaturated/α-hetero) is 1. The van der Waals surface area contributed by atoms with Crippen molar-refractivity contribution in [2.75, 3.05) is 12.0 Å². The Bertz CT molecular complexity index is 1340. The van der Waals surface area contributed by atoms with Gasteiger partial charge in [-0.25, -0.2) is 4.39 Å². The molecule has 1 atom stereocenters. The molecule has 1 amide bonds. The number of ketones is 1. The van der Waals surface area contributed by atoms with E-state index in [-0.39, 0.29) is 11.3 Å². The number of aryl methyl sites for hydroxylation is 4. The number of halogens is 1. The SMILES string of the molecule is COc1cc(C)c(/C(O)=C2\C(=O)C(=O)N(c3ccc(C)c(C)c3)C2c2ccc(F)cc2)cc1C. The Morgan fingerprint density at radius 3 is 2.18 bits per heavy atom. The van der Waals surface area contributed by atoms with Gasteiger partial charge in [0.25, 0.3) is 11.7 Å². The molecule has 3 aromatic rings. The second-order valence-electron chi connectivity index (χ2n) is 8.63. The Labute approximate surface area is 198 Å². The molecule has 5 nitrogen and oxygen atoms in total. The first kappa shape index (κ1) is 23.2. The van der Waals surface area contributed by atoms with E-state index in [0.29, 0.717) is 28.1 Å². The lowest BCUT2D eigenvalue weighted by molar-refractivity contribution is -0.132. The van der Waals surface area contributed by atoms with Crippen molar-refractivity contribution in [2.24, 2.45) is 0 Å². The molecule has 1 saturated heterocycles. The third-order valence-electron chi connectivity index (χ3n) is 6.40. The van der Waals surface area contributed by atoms with E-state index in [1.165, 1.54) is 29.2 Å². The smallest absolute Gasteiger partial charge is 0.300 e. The van der Waals surface area contributed by atoms with Crippen LogP contribution in [0.1, 0.15) is 39.4 Å². The third-order valence-corrected chi connectivity index (χ3v) is 6.40. The minimum absolute atomic E-state index is 0.0393. The van der Waals surface area contributed by atoms with Crippen molar-refractivity contribution >= 4 is 23.1 Å². The summed E-state index contributed by atoms with van der Waals surface area (Å²) in [5.74, 6) is -1.60. The molecule has 1 unspecified atom stereocenters. The normalized spacial score (nSPS) is 17.4. The van der Waals surface area contributed by atoms with Gasteiger partial charge < -0.3 is 9.84 Å². The van der Waals surface area contributed by atoms with Gasteiger partial charge in [0.15, 0.2) is 0 Å². The lowest BCUT2D eigenvalue weighted by Crippen LogP contribution is -2.29. The van der Waals surface area contributed by atoms with E-state index >= 15 is 0 Å². The summed E-state index contributed by atoms with van der Waals surface area (Å²) in [6, 6.07) is 13.7. The van der Waals surface area contributed by atoms with Crippen molar-refractivity contribution in [2.45, 2.75) is 33.7 Å². The number of carbonyl (C=O) groups is 2. The minimum Gasteiger partial charge on any atom is -0.507 e. The molecular formula is C28H26FNO4. The van der Waals surface area contributed by atoms with Crippen molar-refractivity contribution in [3.63, 3.8) is 0 Å². The van der Waals surface area contributed by atoms with Crippen LogP contribution in [0.25, 0.3) is 5.76 Å². The number of benzene rings is 3. The van der Waals surface area contributed by atoms with Crippen LogP contribution in [0.2, 0.25) is 0 Å². The van der Waals surface area contributed by atoms with Crippen molar-refractivity contribution < 1.29 is 23.8 Å². The molecule has 4 rings (SSSR count). The Hall–Kier alpha value is -3.93. The average molecular weight is 460 g/mol. The number of aliphatic hydroxyl groups is 1. The van der Waals surface area contributed by atoms with E-state index in [9.17, 15) is 19.1 Å². The summed E-state index contributed by atoms with van der Waals surface area (Å²) in [4.78, 5) is 28.0. The Kier molecular flexibility index (Phi) is 6.00. The van der Waals surface area contributed by atoms with Gasteiger partial charge >= 0.3 is 0 Å². The third kappa shape index (κ3) is 3.85. The summed E-state index contributed by atoms with van der Waals surface area (Å²) >= 11 is 0. The molecule has 3 aromatic carbocycles. The van der Waals surface area contributed by atoms with E-state index in [0.717, 1.165) is 16.7 Å². The first-order valence-corrected chi connectivity index (χ1v) is 10.9. The number of ether oxygens (including phenoxy) is 1. The molecule has 0 aliphatic carbocycles. The first-order valence-electron chi connectivity index (χ1n) is 10.9. The lowest BCUT2D eigenvalue weighted by atomic mass is 9.93. The molecule has 0 radical (unpaired) electrons. The fourth-order valence-corrected chi connectivity index (χ4v) is 4.34. The number of hydrogen-bond acceptors (Lipinski definition) is 4. The van der Waals surface area contributed by atoms with E-state index in [1.807, 2.05) is 32.9 Å². The quantitative estimate of drug-likeness (QED) is 0.309. The fraction of sp³-hybridized carbons (Fsp3) is 0.214. The molecule has 1 N–H and O–H groups in total. The molecule has 0 bridgehead atoms. The van der Waals surface area contributed by atoms with Crippen molar-refractivity contribution in [1.82, 2.24) is 0 Å². The number of anilines is 1. The van der Waals surface area contributed by atoms with E-state index < -0.39 is 23.5 Å². The zero-order valence-electron chi connectivity index (χ0n) is 19.8. The number of rotatable bonds is 4. The second kappa shape index (κ2) is 8.78. The van der Waals surface area contributed by atoms with Gasteiger partial charge in [-0.3, -0.25) is 14.5 Å². The van der Waals surface area contributed by atoms with Crippen LogP contribution in [-0.4, -0.2) is 23.9 Å². The summed E-state index contributed by atoms with van der Waals surface area (Å²) in [5, 5.41) is 11.4. The van der Waals surface area contributed by atoms with E-state index in [2.05, 4.69) is 0 Å². The highest BCUT2D eigenvalue weighted by molar-refractivity contribution is 6.51. The molecule has 1 aliphatic rings. The molecular weight excluding hydrogens is 433 g/mol. The van der Waals surface area contributed by atoms with Crippen LogP contribution in [0.5, 0.6) is 5.75 Å². The molecule has 0 saturated carbocycles. The van der Waals surface area contributed by atoms with Crippen LogP contribution in [0, 0.1) is 33.5 Å². The highest BCUT2D eigenvalue weighted by Gasteiger charge is 2.47. The van der Waals surface area contributed by atoms with Gasteiger partial charge in [-0.15, -0.1) is 0 Å². The molecule has 34 heavy (non-hydrogen) atoms. The van der Waals surface area contributed by atoms with Crippen LogP contribution in [0.3, 0.4) is 0 Å². The largest absolute Gasteiger partial charge is 0.507 e. The first-order chi connectivity index (χ1) is 16.1. The standard InChI is InChI=1S/C28H26FNO4/c1-15-6-11-21(12-16(15)2)30-25(19-7-9-20(29)10-8-19)24(27(32)28(30)33)26(31)22-13-18(4)23(34-5)14-17(22)3/h6-14,25,31H,1-5H3/b26-24+. The molecule has 1 fully saturated rings. The summed E-state index contributed by atoms with van der Waals surface area (Å²) in [6.07, 6.45) is 0. The Morgan fingerprint density at radius 2 is 1.56 bits per heavy atom. The van der Waals surface area contributed by atoms with Gasteiger partial charge in [-0.2, -0.15) is 0 Å². The van der Waals surface area contributed by atoms with Crippen molar-refractivity contribution in [1.29, 1.82) is 0 Å². The van der Waals surface area contributed by atoms with Gasteiger partial charge in [0.2, 0.25) is 0 Å². The zero-order chi connectivity index (χ0) is 24.7. The van der Waals surface area contributed by atoms with Crippen LogP contribution in [0.15, 0.2) is 60.2 Å². The number of hydrogen-bond donors (Lipinski definition) is 1. The maximum atomic E-state index is 13.7. The molecule has 0 aromatic heterocycles. The molecule has 6 heteroatoms. The monoisotopic (exact) mass is 459 g/mol. The average Bonchev–Trinajstić information content (AvgIpc) is 3.07. The predicted molar refractivity (Wildman–Crippen MR) is 130 cm³/mol. The maximum absolute atomic E-state index is 13.7. The number of amides is 1. The number of aliphatic hydroxyl groups excluding tert-OH is 1. The Balaban J connectivity index is 1.98. The Morgan fingerprint density at radius 1 is 0.882 bits per heavy atom. The summed E-state index contributed by atoms with van der Waals surface area (Å²) in [6.45, 7) is 7.51. The van der Waals surface area contributed by atoms with Gasteiger partial charge in [-0.1, -0.05) is 18.2 Å². The number of methoxy groups -OCH3 is 1. The summed E-state index contributed by atoms with van der Waals surface area (Å²) in [7, 11) is 1.56. The fourth-order valence-electron chi connectivity index (χ4n) is 4.34. The lowest BCUT2D eigenvalue weighted by Gasteiger charge is -2.26. The van der Waals surface area contributed by atoms with Gasteiger partial charge in [-0.05, 0) is 91.9 Å². The molecule has 174 valence electrons. The maximum Gasteiger partial charge on any atom is 0.300 e. The number of carbonyl (C=O) groups excluding carboxylic acids is 2. The van der Waals surface area contributed by atoms with Gasteiger partial charge in [0, 0.05) is 11.3 Å².